The molecule has 23 heavy (non-hydrogen) atoms. The minimum absolute atomic E-state index is 0.0162. The van der Waals surface area contributed by atoms with Gasteiger partial charge in [-0.25, -0.2) is 12.7 Å². The molecule has 6 nitrogen and oxygen atoms in total. The molecule has 1 saturated heterocycles. The van der Waals surface area contributed by atoms with Crippen molar-refractivity contribution in [2.75, 3.05) is 32.5 Å². The Balaban J connectivity index is 1.50. The van der Waals surface area contributed by atoms with Crippen LogP contribution in [0.1, 0.15) is 24.3 Å². The van der Waals surface area contributed by atoms with E-state index in [0.29, 0.717) is 39.1 Å². The fourth-order valence-electron chi connectivity index (χ4n) is 3.22. The lowest BCUT2D eigenvalue weighted by Crippen LogP contribution is -2.43. The summed E-state index contributed by atoms with van der Waals surface area (Å²) in [7, 11) is -3.15. The van der Waals surface area contributed by atoms with Gasteiger partial charge in [0.1, 0.15) is 5.75 Å². The van der Waals surface area contributed by atoms with Crippen LogP contribution in [0.15, 0.2) is 24.3 Å². The number of nitrogens with zero attached hydrogens (tertiary/aromatic N) is 1. The van der Waals surface area contributed by atoms with E-state index in [-0.39, 0.29) is 17.7 Å². The summed E-state index contributed by atoms with van der Waals surface area (Å²) in [6.07, 6.45) is 2.37. The molecule has 0 spiro atoms. The molecule has 1 N–H and O–H groups in total. The molecule has 3 rings (SSSR count). The molecule has 1 aromatic rings. The minimum atomic E-state index is -3.15. The van der Waals surface area contributed by atoms with Crippen molar-refractivity contribution >= 4 is 15.9 Å². The van der Waals surface area contributed by atoms with Crippen LogP contribution in [-0.2, 0) is 14.8 Å². The molecule has 1 amide bonds. The fraction of sp³-hybridized carbons (Fsp3) is 0.562. The van der Waals surface area contributed by atoms with Crippen LogP contribution in [0.3, 0.4) is 0 Å². The maximum Gasteiger partial charge on any atom is 0.223 e. The van der Waals surface area contributed by atoms with Gasteiger partial charge in [0.2, 0.25) is 15.9 Å². The number of hydrogen-bond acceptors (Lipinski definition) is 4. The van der Waals surface area contributed by atoms with Crippen molar-refractivity contribution in [3.8, 4) is 5.75 Å². The molecule has 2 aliphatic rings. The summed E-state index contributed by atoms with van der Waals surface area (Å²) in [5.74, 6) is 0.993. The van der Waals surface area contributed by atoms with Crippen molar-refractivity contribution in [2.24, 2.45) is 5.92 Å². The number of carbonyl (C=O) groups excluding carboxylic acids is 1. The predicted octanol–water partition coefficient (Wildman–Crippen LogP) is 0.950. The van der Waals surface area contributed by atoms with Crippen LogP contribution in [0.5, 0.6) is 5.75 Å². The first kappa shape index (κ1) is 16.3. The first-order valence-corrected chi connectivity index (χ1v) is 9.74. The lowest BCUT2D eigenvalue weighted by molar-refractivity contribution is -0.126. The molecule has 1 fully saturated rings. The quantitative estimate of drug-likeness (QED) is 0.887. The molecule has 7 heteroatoms. The number of piperidine rings is 1. The Labute approximate surface area is 136 Å². The standard InChI is InChI=1S/C16H22N2O4S/c1-23(20,21)18-8-6-12(7-9-18)16(19)17-10-13-11-22-15-5-3-2-4-14(13)15/h2-5,12-13H,6-11H2,1H3,(H,17,19). The average molecular weight is 338 g/mol. The second kappa shape index (κ2) is 6.49. The van der Waals surface area contributed by atoms with Crippen molar-refractivity contribution < 1.29 is 17.9 Å². The Morgan fingerprint density at radius 2 is 2.00 bits per heavy atom. The molecular formula is C16H22N2O4S. The number of carbonyl (C=O) groups is 1. The van der Waals surface area contributed by atoms with Gasteiger partial charge in [0.15, 0.2) is 0 Å². The number of sulfonamides is 1. The largest absolute Gasteiger partial charge is 0.493 e. The minimum Gasteiger partial charge on any atom is -0.493 e. The second-order valence-corrected chi connectivity index (χ2v) is 8.21. The van der Waals surface area contributed by atoms with Crippen molar-refractivity contribution in [2.45, 2.75) is 18.8 Å². The van der Waals surface area contributed by atoms with Crippen molar-refractivity contribution in [3.63, 3.8) is 0 Å². The average Bonchev–Trinajstić information content (AvgIpc) is 2.95. The number of benzene rings is 1. The molecule has 0 aliphatic carbocycles. The predicted molar refractivity (Wildman–Crippen MR) is 86.8 cm³/mol. The number of para-hydroxylation sites is 1. The van der Waals surface area contributed by atoms with E-state index < -0.39 is 10.0 Å². The summed E-state index contributed by atoms with van der Waals surface area (Å²) in [5.41, 5.74) is 1.14. The Bertz CT molecular complexity index is 681. The SMILES string of the molecule is CS(=O)(=O)N1CCC(C(=O)NCC2COc3ccccc32)CC1. The van der Waals surface area contributed by atoms with Gasteiger partial charge in [0.25, 0.3) is 0 Å². The van der Waals surface area contributed by atoms with Gasteiger partial charge >= 0.3 is 0 Å². The number of hydrogen-bond donors (Lipinski definition) is 1. The van der Waals surface area contributed by atoms with Gasteiger partial charge in [0, 0.05) is 37.0 Å². The van der Waals surface area contributed by atoms with Crippen LogP contribution in [0.25, 0.3) is 0 Å². The van der Waals surface area contributed by atoms with E-state index in [1.165, 1.54) is 10.6 Å². The van der Waals surface area contributed by atoms with E-state index >= 15 is 0 Å². The maximum absolute atomic E-state index is 12.3. The Morgan fingerprint density at radius 1 is 1.30 bits per heavy atom. The van der Waals surface area contributed by atoms with Gasteiger partial charge in [-0.3, -0.25) is 4.79 Å². The zero-order valence-electron chi connectivity index (χ0n) is 13.2. The van der Waals surface area contributed by atoms with Crippen molar-refractivity contribution in [3.05, 3.63) is 29.8 Å². The van der Waals surface area contributed by atoms with E-state index in [2.05, 4.69) is 5.32 Å². The van der Waals surface area contributed by atoms with Gasteiger partial charge in [-0.1, -0.05) is 18.2 Å². The van der Waals surface area contributed by atoms with E-state index in [1.54, 1.807) is 0 Å². The van der Waals surface area contributed by atoms with E-state index in [9.17, 15) is 13.2 Å². The second-order valence-electron chi connectivity index (χ2n) is 6.23. The summed E-state index contributed by atoms with van der Waals surface area (Å²) in [5, 5.41) is 3.00. The molecule has 0 radical (unpaired) electrons. The Morgan fingerprint density at radius 3 is 2.70 bits per heavy atom. The normalized spacial score (nSPS) is 22.4. The molecule has 1 unspecified atom stereocenters. The van der Waals surface area contributed by atoms with Crippen molar-refractivity contribution in [1.29, 1.82) is 0 Å². The van der Waals surface area contributed by atoms with Gasteiger partial charge in [-0.05, 0) is 18.9 Å². The van der Waals surface area contributed by atoms with Gasteiger partial charge in [-0.2, -0.15) is 0 Å². The summed E-state index contributed by atoms with van der Waals surface area (Å²) >= 11 is 0. The molecule has 126 valence electrons. The highest BCUT2D eigenvalue weighted by Crippen LogP contribution is 2.33. The smallest absolute Gasteiger partial charge is 0.223 e. The van der Waals surface area contributed by atoms with E-state index in [4.69, 9.17) is 4.74 Å². The number of amides is 1. The summed E-state index contributed by atoms with van der Waals surface area (Å²) < 4.78 is 30.0. The van der Waals surface area contributed by atoms with Crippen LogP contribution >= 0.6 is 0 Å². The lowest BCUT2D eigenvalue weighted by atomic mass is 9.96. The Kier molecular flexibility index (Phi) is 4.59. The van der Waals surface area contributed by atoms with Gasteiger partial charge < -0.3 is 10.1 Å². The van der Waals surface area contributed by atoms with E-state index in [0.717, 1.165) is 11.3 Å². The summed E-state index contributed by atoms with van der Waals surface area (Å²) in [6, 6.07) is 7.89. The zero-order valence-corrected chi connectivity index (χ0v) is 14.0. The summed E-state index contributed by atoms with van der Waals surface area (Å²) in [4.78, 5) is 12.3. The highest BCUT2D eigenvalue weighted by molar-refractivity contribution is 7.88. The molecule has 2 aliphatic heterocycles. The number of ether oxygens (including phenoxy) is 1. The molecular weight excluding hydrogens is 316 g/mol. The van der Waals surface area contributed by atoms with Crippen LogP contribution < -0.4 is 10.1 Å². The number of nitrogens with one attached hydrogen (secondary N) is 1. The van der Waals surface area contributed by atoms with Crippen LogP contribution in [0, 0.1) is 5.92 Å². The molecule has 0 bridgehead atoms. The lowest BCUT2D eigenvalue weighted by Gasteiger charge is -2.29. The molecule has 1 aromatic carbocycles. The fourth-order valence-corrected chi connectivity index (χ4v) is 4.09. The molecule has 2 heterocycles. The topological polar surface area (TPSA) is 75.7 Å². The number of fused-ring (bicyclic) bond motifs is 1. The monoisotopic (exact) mass is 338 g/mol. The number of rotatable bonds is 4. The third-order valence-corrected chi connectivity index (χ3v) is 5.92. The molecule has 0 aromatic heterocycles. The summed E-state index contributed by atoms with van der Waals surface area (Å²) in [6.45, 7) is 1.99. The Hall–Kier alpha value is -1.60. The zero-order chi connectivity index (χ0) is 16.4. The highest BCUT2D eigenvalue weighted by Gasteiger charge is 2.30. The van der Waals surface area contributed by atoms with Crippen LogP contribution in [0.2, 0.25) is 0 Å². The van der Waals surface area contributed by atoms with Crippen LogP contribution in [-0.4, -0.2) is 51.1 Å². The first-order chi connectivity index (χ1) is 10.9. The van der Waals surface area contributed by atoms with Gasteiger partial charge in [-0.15, -0.1) is 0 Å². The van der Waals surface area contributed by atoms with Gasteiger partial charge in [0.05, 0.1) is 12.9 Å². The van der Waals surface area contributed by atoms with Crippen molar-refractivity contribution in [1.82, 2.24) is 9.62 Å². The molecule has 1 atom stereocenters. The third kappa shape index (κ3) is 3.67. The maximum atomic E-state index is 12.3. The third-order valence-electron chi connectivity index (χ3n) is 4.62. The molecule has 0 saturated carbocycles. The van der Waals surface area contributed by atoms with Crippen LogP contribution in [0.4, 0.5) is 0 Å². The first-order valence-electron chi connectivity index (χ1n) is 7.89. The highest BCUT2D eigenvalue weighted by atomic mass is 32.2. The van der Waals surface area contributed by atoms with E-state index in [1.807, 2.05) is 24.3 Å².